The Kier molecular flexibility index (Phi) is 8.37. The predicted molar refractivity (Wildman–Crippen MR) is 98.8 cm³/mol. The Morgan fingerprint density at radius 3 is 2.08 bits per heavy atom. The van der Waals surface area contributed by atoms with E-state index in [9.17, 15) is 19.5 Å². The van der Waals surface area contributed by atoms with Crippen LogP contribution in [-0.4, -0.2) is 52.7 Å². The van der Waals surface area contributed by atoms with Gasteiger partial charge in [-0.15, -0.1) is 0 Å². The monoisotopic (exact) mass is 370 g/mol. The second-order valence-corrected chi connectivity index (χ2v) is 8.00. The summed E-state index contributed by atoms with van der Waals surface area (Å²) < 4.78 is 5.27. The summed E-state index contributed by atoms with van der Waals surface area (Å²) in [4.78, 5) is 37.4. The van der Waals surface area contributed by atoms with E-state index in [-0.39, 0.29) is 17.9 Å². The zero-order valence-corrected chi connectivity index (χ0v) is 16.7. The lowest BCUT2D eigenvalue weighted by Crippen LogP contribution is -2.42. The van der Waals surface area contributed by atoms with Crippen LogP contribution < -0.4 is 5.32 Å². The second kappa shape index (κ2) is 9.78. The first-order chi connectivity index (χ1) is 12.1. The number of nitrogens with zero attached hydrogens (tertiary/aromatic N) is 1. The Morgan fingerprint density at radius 1 is 1.12 bits per heavy atom. The number of carboxylic acids is 1. The number of hydrogen-bond donors (Lipinski definition) is 2. The number of carbonyl (C=O) groups is 3. The Balaban J connectivity index is 2.52. The lowest BCUT2D eigenvalue weighted by molar-refractivity contribution is -0.152. The third-order valence-electron chi connectivity index (χ3n) is 4.81. The second-order valence-electron chi connectivity index (χ2n) is 8.00. The summed E-state index contributed by atoms with van der Waals surface area (Å²) in [6.45, 7) is 10.2. The van der Waals surface area contributed by atoms with Crippen LogP contribution in [0, 0.1) is 11.8 Å². The molecule has 1 aliphatic rings. The first kappa shape index (κ1) is 22.3. The molecule has 7 heteroatoms. The number of amides is 2. The van der Waals surface area contributed by atoms with E-state index >= 15 is 0 Å². The molecule has 2 amide bonds. The summed E-state index contributed by atoms with van der Waals surface area (Å²) in [5.41, 5.74) is -0.527. The van der Waals surface area contributed by atoms with Crippen molar-refractivity contribution in [1.29, 1.82) is 0 Å². The zero-order chi connectivity index (χ0) is 19.9. The van der Waals surface area contributed by atoms with Crippen molar-refractivity contribution in [3.63, 3.8) is 0 Å². The fraction of sp³-hybridized carbons (Fsp3) is 0.842. The molecule has 0 aromatic rings. The van der Waals surface area contributed by atoms with Gasteiger partial charge in [-0.05, 0) is 72.6 Å². The summed E-state index contributed by atoms with van der Waals surface area (Å²) in [5, 5.41) is 12.4. The maximum atomic E-state index is 12.4. The molecule has 0 spiro atoms. The van der Waals surface area contributed by atoms with Crippen molar-refractivity contribution in [2.75, 3.05) is 13.1 Å². The Labute approximate surface area is 156 Å². The molecule has 26 heavy (non-hydrogen) atoms. The van der Waals surface area contributed by atoms with Crippen molar-refractivity contribution in [2.45, 2.75) is 78.4 Å². The minimum Gasteiger partial charge on any atom is -0.481 e. The third-order valence-corrected chi connectivity index (χ3v) is 4.81. The SMILES string of the molecule is CCN(CC)C(=O)C(CC1CCC(NC(=O)OC(C)(C)C)CC1)C(=O)O. The van der Waals surface area contributed by atoms with Gasteiger partial charge in [0.1, 0.15) is 11.5 Å². The van der Waals surface area contributed by atoms with Crippen molar-refractivity contribution in [3.8, 4) is 0 Å². The van der Waals surface area contributed by atoms with Gasteiger partial charge >= 0.3 is 12.1 Å². The lowest BCUT2D eigenvalue weighted by atomic mass is 9.80. The molecule has 2 N–H and O–H groups in total. The molecule has 0 saturated heterocycles. The van der Waals surface area contributed by atoms with Crippen LogP contribution in [0.5, 0.6) is 0 Å². The van der Waals surface area contributed by atoms with Gasteiger partial charge in [0, 0.05) is 19.1 Å². The molecule has 0 bridgehead atoms. The van der Waals surface area contributed by atoms with Crippen molar-refractivity contribution < 1.29 is 24.2 Å². The molecule has 7 nitrogen and oxygen atoms in total. The van der Waals surface area contributed by atoms with Gasteiger partial charge in [0.2, 0.25) is 5.91 Å². The quantitative estimate of drug-likeness (QED) is 0.672. The number of hydrogen-bond acceptors (Lipinski definition) is 4. The molecule has 1 unspecified atom stereocenters. The van der Waals surface area contributed by atoms with Gasteiger partial charge < -0.3 is 20.1 Å². The number of aliphatic carboxylic acids is 1. The highest BCUT2D eigenvalue weighted by molar-refractivity contribution is 5.96. The van der Waals surface area contributed by atoms with Crippen molar-refractivity contribution in [3.05, 3.63) is 0 Å². The van der Waals surface area contributed by atoms with Crippen molar-refractivity contribution >= 4 is 18.0 Å². The predicted octanol–water partition coefficient (Wildman–Crippen LogP) is 3.03. The van der Waals surface area contributed by atoms with E-state index in [1.807, 2.05) is 34.6 Å². The number of alkyl carbamates (subject to hydrolysis) is 1. The molecule has 0 radical (unpaired) electrons. The van der Waals surface area contributed by atoms with Gasteiger partial charge in [-0.1, -0.05) is 0 Å². The zero-order valence-electron chi connectivity index (χ0n) is 16.7. The summed E-state index contributed by atoms with van der Waals surface area (Å²) >= 11 is 0. The Hall–Kier alpha value is -1.79. The lowest BCUT2D eigenvalue weighted by Gasteiger charge is -2.32. The average molecular weight is 370 g/mol. The topological polar surface area (TPSA) is 95.9 Å². The van der Waals surface area contributed by atoms with Gasteiger partial charge in [0.15, 0.2) is 0 Å². The van der Waals surface area contributed by atoms with Crippen LogP contribution in [0.4, 0.5) is 4.79 Å². The first-order valence-electron chi connectivity index (χ1n) is 9.58. The highest BCUT2D eigenvalue weighted by Crippen LogP contribution is 2.30. The maximum absolute atomic E-state index is 12.4. The minimum absolute atomic E-state index is 0.0443. The Morgan fingerprint density at radius 2 is 1.65 bits per heavy atom. The van der Waals surface area contributed by atoms with Gasteiger partial charge in [-0.2, -0.15) is 0 Å². The molecule has 0 aromatic carbocycles. The summed E-state index contributed by atoms with van der Waals surface area (Å²) in [6.07, 6.45) is 3.10. The van der Waals surface area contributed by atoms with Gasteiger partial charge in [-0.25, -0.2) is 4.79 Å². The van der Waals surface area contributed by atoms with Crippen LogP contribution in [0.1, 0.15) is 66.7 Å². The Bertz CT molecular complexity index is 489. The van der Waals surface area contributed by atoms with E-state index in [0.717, 1.165) is 25.7 Å². The largest absolute Gasteiger partial charge is 0.481 e. The number of ether oxygens (including phenoxy) is 1. The fourth-order valence-electron chi connectivity index (χ4n) is 3.41. The van der Waals surface area contributed by atoms with Gasteiger partial charge in [-0.3, -0.25) is 9.59 Å². The molecule has 1 aliphatic carbocycles. The molecule has 1 saturated carbocycles. The van der Waals surface area contributed by atoms with Crippen LogP contribution in [0.25, 0.3) is 0 Å². The van der Waals surface area contributed by atoms with Gasteiger partial charge in [0.05, 0.1) is 0 Å². The third kappa shape index (κ3) is 7.22. The average Bonchev–Trinajstić information content (AvgIpc) is 2.53. The minimum atomic E-state index is -1.05. The number of carbonyl (C=O) groups excluding carboxylic acids is 2. The van der Waals surface area contributed by atoms with Gasteiger partial charge in [0.25, 0.3) is 0 Å². The first-order valence-corrected chi connectivity index (χ1v) is 9.58. The highest BCUT2D eigenvalue weighted by atomic mass is 16.6. The van der Waals surface area contributed by atoms with E-state index in [4.69, 9.17) is 4.74 Å². The van der Waals surface area contributed by atoms with Crippen LogP contribution in [0.15, 0.2) is 0 Å². The van der Waals surface area contributed by atoms with E-state index in [1.165, 1.54) is 0 Å². The summed E-state index contributed by atoms with van der Waals surface area (Å²) in [7, 11) is 0. The molecule has 0 aromatic heterocycles. The molecule has 1 atom stereocenters. The van der Waals surface area contributed by atoms with Crippen molar-refractivity contribution in [1.82, 2.24) is 10.2 Å². The summed E-state index contributed by atoms with van der Waals surface area (Å²) in [6, 6.07) is 0.0443. The molecule has 1 fully saturated rings. The maximum Gasteiger partial charge on any atom is 0.407 e. The van der Waals surface area contributed by atoms with Crippen molar-refractivity contribution in [2.24, 2.45) is 11.8 Å². The fourth-order valence-corrected chi connectivity index (χ4v) is 3.41. The number of carboxylic acid groups (broad SMARTS) is 1. The van der Waals surface area contributed by atoms with E-state index in [2.05, 4.69) is 5.32 Å². The standard InChI is InChI=1S/C19H34N2O5/c1-6-21(7-2)16(22)15(17(23)24)12-13-8-10-14(11-9-13)20-18(25)26-19(3,4)5/h13-15H,6-12H2,1-5H3,(H,20,25)(H,23,24). The van der Waals surface area contributed by atoms with E-state index in [1.54, 1.807) is 4.90 Å². The smallest absolute Gasteiger partial charge is 0.407 e. The molecule has 150 valence electrons. The molecular weight excluding hydrogens is 336 g/mol. The highest BCUT2D eigenvalue weighted by Gasteiger charge is 2.34. The van der Waals surface area contributed by atoms with Crippen LogP contribution in [-0.2, 0) is 14.3 Å². The number of nitrogens with one attached hydrogen (secondary N) is 1. The number of rotatable bonds is 7. The molecule has 0 heterocycles. The van der Waals surface area contributed by atoms with Crippen LogP contribution >= 0.6 is 0 Å². The van der Waals surface area contributed by atoms with Crippen LogP contribution in [0.2, 0.25) is 0 Å². The van der Waals surface area contributed by atoms with E-state index in [0.29, 0.717) is 19.5 Å². The van der Waals surface area contributed by atoms with Crippen LogP contribution in [0.3, 0.4) is 0 Å². The molecular formula is C19H34N2O5. The normalized spacial score (nSPS) is 21.6. The van der Waals surface area contributed by atoms with E-state index < -0.39 is 23.6 Å². The molecule has 0 aliphatic heterocycles. The molecule has 1 rings (SSSR count). The summed E-state index contributed by atoms with van der Waals surface area (Å²) in [5.74, 6) is -2.13.